The quantitative estimate of drug-likeness (QED) is 0.752. The highest BCUT2D eigenvalue weighted by molar-refractivity contribution is 5.46. The van der Waals surface area contributed by atoms with Crippen molar-refractivity contribution >= 4 is 5.69 Å². The second-order valence-corrected chi connectivity index (χ2v) is 7.06. The Morgan fingerprint density at radius 2 is 1.76 bits per heavy atom. The molecule has 5 atom stereocenters. The second-order valence-electron chi connectivity index (χ2n) is 7.06. The molecule has 2 heteroatoms. The highest BCUT2D eigenvalue weighted by Crippen LogP contribution is 2.49. The molecule has 1 saturated heterocycles. The number of benzene rings is 1. The Labute approximate surface area is 128 Å². The van der Waals surface area contributed by atoms with Crippen LogP contribution < -0.4 is 4.90 Å². The van der Waals surface area contributed by atoms with E-state index in [0.29, 0.717) is 23.7 Å². The van der Waals surface area contributed by atoms with Gasteiger partial charge >= 0.3 is 0 Å². The van der Waals surface area contributed by atoms with Crippen LogP contribution in [0.2, 0.25) is 0 Å². The molecule has 3 rings (SSSR count). The van der Waals surface area contributed by atoms with E-state index in [1.54, 1.807) is 0 Å². The number of hydrogen-bond donors (Lipinski definition) is 0. The maximum absolute atomic E-state index is 6.29. The molecule has 2 aliphatic rings. The SMILES string of the molecule is CC1=C[C@H](C)[C@H]2CO[C@H](c3ccc(N(C)C)cc3)[C@@H]1[C@@H]2C. The topological polar surface area (TPSA) is 12.5 Å². The predicted octanol–water partition coefficient (Wildman–Crippen LogP) is 4.29. The van der Waals surface area contributed by atoms with Gasteiger partial charge in [0.15, 0.2) is 0 Å². The van der Waals surface area contributed by atoms with Crippen LogP contribution >= 0.6 is 0 Å². The molecule has 1 aromatic rings. The van der Waals surface area contributed by atoms with E-state index in [0.717, 1.165) is 6.61 Å². The number of rotatable bonds is 2. The van der Waals surface area contributed by atoms with Crippen molar-refractivity contribution < 1.29 is 4.74 Å². The lowest BCUT2D eigenvalue weighted by molar-refractivity contribution is -0.0934. The molecule has 0 spiro atoms. The minimum atomic E-state index is 0.219. The van der Waals surface area contributed by atoms with E-state index in [4.69, 9.17) is 4.74 Å². The lowest BCUT2D eigenvalue weighted by Gasteiger charge is -2.47. The van der Waals surface area contributed by atoms with Crippen molar-refractivity contribution in [2.24, 2.45) is 23.7 Å². The smallest absolute Gasteiger partial charge is 0.0892 e. The molecule has 0 N–H and O–H groups in total. The predicted molar refractivity (Wildman–Crippen MR) is 88.5 cm³/mol. The van der Waals surface area contributed by atoms with E-state index < -0.39 is 0 Å². The molecule has 1 aromatic carbocycles. The van der Waals surface area contributed by atoms with Crippen LogP contribution in [0.4, 0.5) is 5.69 Å². The second kappa shape index (κ2) is 5.49. The maximum atomic E-state index is 6.29. The van der Waals surface area contributed by atoms with E-state index in [-0.39, 0.29) is 6.10 Å². The van der Waals surface area contributed by atoms with Gasteiger partial charge in [0.05, 0.1) is 12.7 Å². The molecule has 1 fully saturated rings. The Balaban J connectivity index is 1.90. The average Bonchev–Trinajstić information content (AvgIpc) is 2.44. The van der Waals surface area contributed by atoms with Crippen molar-refractivity contribution in [2.45, 2.75) is 26.9 Å². The van der Waals surface area contributed by atoms with Crippen LogP contribution in [-0.2, 0) is 4.74 Å². The van der Waals surface area contributed by atoms with Crippen LogP contribution in [-0.4, -0.2) is 20.7 Å². The molecule has 114 valence electrons. The van der Waals surface area contributed by atoms with Crippen LogP contribution in [0.15, 0.2) is 35.9 Å². The van der Waals surface area contributed by atoms with Crippen LogP contribution in [0.5, 0.6) is 0 Å². The Morgan fingerprint density at radius 3 is 2.38 bits per heavy atom. The van der Waals surface area contributed by atoms with Gasteiger partial charge < -0.3 is 9.64 Å². The molecule has 21 heavy (non-hydrogen) atoms. The fourth-order valence-corrected chi connectivity index (χ4v) is 4.21. The molecule has 1 aliphatic carbocycles. The van der Waals surface area contributed by atoms with Crippen LogP contribution in [0.25, 0.3) is 0 Å². The van der Waals surface area contributed by atoms with Gasteiger partial charge in [0.25, 0.3) is 0 Å². The first-order valence-corrected chi connectivity index (χ1v) is 8.06. The van der Waals surface area contributed by atoms with Gasteiger partial charge in [-0.15, -0.1) is 0 Å². The Bertz CT molecular complexity index is 531. The summed E-state index contributed by atoms with van der Waals surface area (Å²) < 4.78 is 6.29. The standard InChI is InChI=1S/C19H27NO/c1-12-10-13(2)18-14(3)17(12)11-21-19(18)15-6-8-16(9-7-15)20(4)5/h6-10,12,14,17-19H,11H2,1-5H3/t12-,14+,17+,18-,19+/m0/s1. The molecular weight excluding hydrogens is 258 g/mol. The highest BCUT2D eigenvalue weighted by atomic mass is 16.5. The summed E-state index contributed by atoms with van der Waals surface area (Å²) >= 11 is 0. The van der Waals surface area contributed by atoms with Crippen LogP contribution in [0, 0.1) is 23.7 Å². The molecule has 0 amide bonds. The molecule has 1 heterocycles. The summed E-state index contributed by atoms with van der Waals surface area (Å²) in [5.41, 5.74) is 4.07. The van der Waals surface area contributed by atoms with E-state index >= 15 is 0 Å². The number of fused-ring (bicyclic) bond motifs is 2. The fraction of sp³-hybridized carbons (Fsp3) is 0.579. The third-order valence-electron chi connectivity index (χ3n) is 5.50. The normalized spacial score (nSPS) is 35.3. The largest absolute Gasteiger partial charge is 0.378 e. The zero-order valence-electron chi connectivity index (χ0n) is 13.8. The van der Waals surface area contributed by atoms with Crippen molar-refractivity contribution in [3.63, 3.8) is 0 Å². The Kier molecular flexibility index (Phi) is 3.83. The summed E-state index contributed by atoms with van der Waals surface area (Å²) in [7, 11) is 4.16. The molecule has 0 saturated carbocycles. The Morgan fingerprint density at radius 1 is 1.10 bits per heavy atom. The van der Waals surface area contributed by atoms with Gasteiger partial charge in [0, 0.05) is 25.7 Å². The highest BCUT2D eigenvalue weighted by Gasteiger charge is 2.43. The van der Waals surface area contributed by atoms with Crippen LogP contribution in [0.1, 0.15) is 32.4 Å². The number of anilines is 1. The minimum Gasteiger partial charge on any atom is -0.378 e. The summed E-state index contributed by atoms with van der Waals surface area (Å²) in [6.45, 7) is 7.91. The van der Waals surface area contributed by atoms with Gasteiger partial charge in [0.2, 0.25) is 0 Å². The fourth-order valence-electron chi connectivity index (χ4n) is 4.21. The van der Waals surface area contributed by atoms with Gasteiger partial charge in [-0.05, 0) is 42.4 Å². The number of nitrogens with zero attached hydrogens (tertiary/aromatic N) is 1. The summed E-state index contributed by atoms with van der Waals surface area (Å²) in [5.74, 6) is 2.56. The minimum absolute atomic E-state index is 0.219. The van der Waals surface area contributed by atoms with Crippen molar-refractivity contribution in [1.82, 2.24) is 0 Å². The van der Waals surface area contributed by atoms with Gasteiger partial charge in [-0.25, -0.2) is 0 Å². The molecule has 0 radical (unpaired) electrons. The molecule has 2 nitrogen and oxygen atoms in total. The number of allylic oxidation sites excluding steroid dienone is 1. The van der Waals surface area contributed by atoms with Gasteiger partial charge in [-0.3, -0.25) is 0 Å². The number of hydrogen-bond acceptors (Lipinski definition) is 2. The zero-order valence-corrected chi connectivity index (χ0v) is 13.8. The third-order valence-corrected chi connectivity index (χ3v) is 5.50. The van der Waals surface area contributed by atoms with E-state index in [1.807, 2.05) is 0 Å². The van der Waals surface area contributed by atoms with E-state index in [1.165, 1.54) is 16.8 Å². The lowest BCUT2D eigenvalue weighted by Crippen LogP contribution is -2.42. The summed E-state index contributed by atoms with van der Waals surface area (Å²) in [6.07, 6.45) is 2.69. The first-order valence-electron chi connectivity index (χ1n) is 8.06. The summed E-state index contributed by atoms with van der Waals surface area (Å²) in [5, 5.41) is 0. The molecule has 1 aliphatic heterocycles. The molecule has 0 unspecified atom stereocenters. The van der Waals surface area contributed by atoms with Crippen molar-refractivity contribution in [3.8, 4) is 0 Å². The van der Waals surface area contributed by atoms with Crippen molar-refractivity contribution in [3.05, 3.63) is 41.5 Å². The first-order chi connectivity index (χ1) is 9.99. The van der Waals surface area contributed by atoms with E-state index in [2.05, 4.69) is 70.1 Å². The average molecular weight is 285 g/mol. The summed E-state index contributed by atoms with van der Waals surface area (Å²) in [6, 6.07) is 8.86. The zero-order chi connectivity index (χ0) is 15.1. The number of ether oxygens (including phenoxy) is 1. The maximum Gasteiger partial charge on any atom is 0.0892 e. The third kappa shape index (κ3) is 2.50. The Hall–Kier alpha value is -1.28. The van der Waals surface area contributed by atoms with Crippen molar-refractivity contribution in [2.75, 3.05) is 25.6 Å². The van der Waals surface area contributed by atoms with Gasteiger partial charge in [-0.2, -0.15) is 0 Å². The first kappa shape index (κ1) is 14.6. The monoisotopic (exact) mass is 285 g/mol. The van der Waals surface area contributed by atoms with Gasteiger partial charge in [-0.1, -0.05) is 37.6 Å². The van der Waals surface area contributed by atoms with E-state index in [9.17, 15) is 0 Å². The molecular formula is C19H27NO. The van der Waals surface area contributed by atoms with Crippen LogP contribution in [0.3, 0.4) is 0 Å². The molecule has 2 bridgehead atoms. The lowest BCUT2D eigenvalue weighted by atomic mass is 9.64. The molecule has 0 aromatic heterocycles. The van der Waals surface area contributed by atoms with Gasteiger partial charge in [0.1, 0.15) is 0 Å². The van der Waals surface area contributed by atoms with Crippen molar-refractivity contribution in [1.29, 1.82) is 0 Å². The summed E-state index contributed by atoms with van der Waals surface area (Å²) in [4.78, 5) is 2.14.